The largest absolute Gasteiger partial charge is 0.444 e. The summed E-state index contributed by atoms with van der Waals surface area (Å²) in [5.74, 6) is -0.107. The van der Waals surface area contributed by atoms with Gasteiger partial charge in [0.15, 0.2) is 0 Å². The Hall–Kier alpha value is -3.14. The highest BCUT2D eigenvalue weighted by molar-refractivity contribution is 6.33. The molecule has 1 aliphatic heterocycles. The third kappa shape index (κ3) is 5.37. The molecule has 2 aromatic rings. The Morgan fingerprint density at radius 3 is 2.50 bits per heavy atom. The molecule has 32 heavy (non-hydrogen) atoms. The maximum absolute atomic E-state index is 12.4. The smallest absolute Gasteiger partial charge is 0.407 e. The van der Waals surface area contributed by atoms with E-state index in [-0.39, 0.29) is 29.1 Å². The Morgan fingerprint density at radius 2 is 1.78 bits per heavy atom. The number of nitrogens with zero attached hydrogens (tertiary/aromatic N) is 3. The number of pyridine rings is 1. The maximum atomic E-state index is 12.4. The predicted molar refractivity (Wildman–Crippen MR) is 118 cm³/mol. The van der Waals surface area contributed by atoms with Crippen LogP contribution in [0.2, 0.25) is 5.02 Å². The second kappa shape index (κ2) is 9.99. The van der Waals surface area contributed by atoms with Gasteiger partial charge in [0.1, 0.15) is 11.1 Å². The van der Waals surface area contributed by atoms with Crippen molar-refractivity contribution in [2.24, 2.45) is 0 Å². The second-order valence-electron chi connectivity index (χ2n) is 8.06. The SMILES string of the molecule is O=C(N[C@H]1CC[C@H](NC(=O)c2ccncc2)CC1)O[C@@H]1CCN(c2cn[nH]c(=O)c2Cl)C1. The highest BCUT2D eigenvalue weighted by atomic mass is 35.5. The van der Waals surface area contributed by atoms with E-state index < -0.39 is 11.7 Å². The van der Waals surface area contributed by atoms with Crippen molar-refractivity contribution in [1.82, 2.24) is 25.8 Å². The van der Waals surface area contributed by atoms with Gasteiger partial charge in [0.25, 0.3) is 11.5 Å². The van der Waals surface area contributed by atoms with E-state index in [1.807, 2.05) is 4.90 Å². The zero-order valence-electron chi connectivity index (χ0n) is 17.4. The summed E-state index contributed by atoms with van der Waals surface area (Å²) in [5, 5.41) is 12.1. The van der Waals surface area contributed by atoms with Gasteiger partial charge >= 0.3 is 6.09 Å². The molecule has 4 rings (SSSR count). The van der Waals surface area contributed by atoms with Crippen LogP contribution in [0.15, 0.2) is 35.5 Å². The molecule has 2 aromatic heterocycles. The van der Waals surface area contributed by atoms with Crippen LogP contribution in [0.4, 0.5) is 10.5 Å². The van der Waals surface area contributed by atoms with Crippen LogP contribution < -0.4 is 21.1 Å². The van der Waals surface area contributed by atoms with Crippen molar-refractivity contribution in [3.63, 3.8) is 0 Å². The van der Waals surface area contributed by atoms with Crippen molar-refractivity contribution in [2.45, 2.75) is 50.3 Å². The van der Waals surface area contributed by atoms with Crippen LogP contribution >= 0.6 is 11.6 Å². The molecular weight excluding hydrogens is 436 g/mol. The van der Waals surface area contributed by atoms with Crippen LogP contribution in [0.3, 0.4) is 0 Å². The van der Waals surface area contributed by atoms with Crippen LogP contribution in [-0.4, -0.2) is 58.5 Å². The van der Waals surface area contributed by atoms with E-state index >= 15 is 0 Å². The number of alkyl carbamates (subject to hydrolysis) is 1. The molecule has 0 aromatic carbocycles. The third-order valence-corrected chi connectivity index (χ3v) is 6.23. The Morgan fingerprint density at radius 1 is 1.09 bits per heavy atom. The van der Waals surface area contributed by atoms with E-state index in [4.69, 9.17) is 16.3 Å². The number of hydrogen-bond donors (Lipinski definition) is 3. The third-order valence-electron chi connectivity index (χ3n) is 5.86. The first-order chi connectivity index (χ1) is 15.5. The van der Waals surface area contributed by atoms with Crippen molar-refractivity contribution in [2.75, 3.05) is 18.0 Å². The molecule has 1 aliphatic carbocycles. The van der Waals surface area contributed by atoms with E-state index in [0.29, 0.717) is 30.8 Å². The van der Waals surface area contributed by atoms with Gasteiger partial charge in [-0.05, 0) is 37.8 Å². The fourth-order valence-electron chi connectivity index (χ4n) is 4.14. The summed E-state index contributed by atoms with van der Waals surface area (Å²) in [7, 11) is 0. The van der Waals surface area contributed by atoms with Crippen molar-refractivity contribution >= 4 is 29.3 Å². The number of H-pyrrole nitrogens is 1. The normalized spacial score (nSPS) is 22.9. The lowest BCUT2D eigenvalue weighted by molar-refractivity contribution is 0.0908. The van der Waals surface area contributed by atoms with E-state index in [0.717, 1.165) is 25.7 Å². The first kappa shape index (κ1) is 22.1. The molecule has 1 saturated heterocycles. The lowest BCUT2D eigenvalue weighted by atomic mass is 9.91. The molecule has 2 fully saturated rings. The summed E-state index contributed by atoms with van der Waals surface area (Å²) in [5.41, 5.74) is 0.680. The number of anilines is 1. The standard InChI is InChI=1S/C21H25ClN6O4/c22-18-17(11-24-27-20(18)30)28-10-7-16(12-28)32-21(31)26-15-3-1-14(2-4-15)25-19(29)13-5-8-23-9-6-13/h5-6,8-9,11,14-16H,1-4,7,10,12H2,(H,25,29)(H,26,31)(H,27,30)/t14-,15-,16-/m1/s1. The Bertz CT molecular complexity index is 1010. The van der Waals surface area contributed by atoms with Crippen LogP contribution in [0, 0.1) is 0 Å². The summed E-state index contributed by atoms with van der Waals surface area (Å²) in [6.45, 7) is 1.07. The minimum Gasteiger partial charge on any atom is -0.444 e. The number of aromatic amines is 1. The van der Waals surface area contributed by atoms with Crippen LogP contribution in [0.1, 0.15) is 42.5 Å². The molecule has 10 nitrogen and oxygen atoms in total. The monoisotopic (exact) mass is 460 g/mol. The number of amides is 2. The summed E-state index contributed by atoms with van der Waals surface area (Å²) < 4.78 is 5.57. The van der Waals surface area contributed by atoms with Gasteiger partial charge < -0.3 is 20.3 Å². The van der Waals surface area contributed by atoms with Gasteiger partial charge in [-0.15, -0.1) is 0 Å². The Kier molecular flexibility index (Phi) is 6.89. The fraction of sp³-hybridized carbons (Fsp3) is 0.476. The average molecular weight is 461 g/mol. The van der Waals surface area contributed by atoms with Crippen molar-refractivity contribution in [1.29, 1.82) is 0 Å². The summed E-state index contributed by atoms with van der Waals surface area (Å²) in [6.07, 6.45) is 7.69. The topological polar surface area (TPSA) is 129 Å². The van der Waals surface area contributed by atoms with Gasteiger partial charge in [-0.2, -0.15) is 5.10 Å². The van der Waals surface area contributed by atoms with E-state index in [1.165, 1.54) is 6.20 Å². The lowest BCUT2D eigenvalue weighted by Crippen LogP contribution is -2.44. The quantitative estimate of drug-likeness (QED) is 0.621. The Labute approximate surface area is 189 Å². The van der Waals surface area contributed by atoms with Gasteiger partial charge in [-0.25, -0.2) is 9.89 Å². The van der Waals surface area contributed by atoms with Crippen molar-refractivity contribution in [3.8, 4) is 0 Å². The number of carbonyl (C=O) groups excluding carboxylic acids is 2. The minimum atomic E-state index is -0.448. The number of aromatic nitrogens is 3. The molecule has 2 aliphatic rings. The second-order valence-corrected chi connectivity index (χ2v) is 8.44. The van der Waals surface area contributed by atoms with Crippen LogP contribution in [-0.2, 0) is 4.74 Å². The molecule has 1 atom stereocenters. The summed E-state index contributed by atoms with van der Waals surface area (Å²) >= 11 is 6.06. The lowest BCUT2D eigenvalue weighted by Gasteiger charge is -2.29. The summed E-state index contributed by atoms with van der Waals surface area (Å²) in [6, 6.07) is 3.47. The summed E-state index contributed by atoms with van der Waals surface area (Å²) in [4.78, 5) is 42.1. The molecule has 0 radical (unpaired) electrons. The average Bonchev–Trinajstić information content (AvgIpc) is 3.25. The van der Waals surface area contributed by atoms with Crippen LogP contribution in [0.5, 0.6) is 0 Å². The van der Waals surface area contributed by atoms with Crippen LogP contribution in [0.25, 0.3) is 0 Å². The molecule has 0 bridgehead atoms. The fourth-order valence-corrected chi connectivity index (χ4v) is 4.35. The van der Waals surface area contributed by atoms with Gasteiger partial charge in [0.05, 0.1) is 18.4 Å². The van der Waals surface area contributed by atoms with E-state index in [9.17, 15) is 14.4 Å². The molecule has 170 valence electrons. The molecule has 1 saturated carbocycles. The van der Waals surface area contributed by atoms with Gasteiger partial charge in [-0.3, -0.25) is 14.6 Å². The van der Waals surface area contributed by atoms with E-state index in [2.05, 4.69) is 25.8 Å². The highest BCUT2D eigenvalue weighted by Gasteiger charge is 2.29. The Balaban J connectivity index is 1.19. The van der Waals surface area contributed by atoms with Gasteiger partial charge in [0.2, 0.25) is 0 Å². The highest BCUT2D eigenvalue weighted by Crippen LogP contribution is 2.26. The van der Waals surface area contributed by atoms with Crippen molar-refractivity contribution in [3.05, 3.63) is 51.7 Å². The zero-order valence-corrected chi connectivity index (χ0v) is 18.2. The molecule has 3 N–H and O–H groups in total. The first-order valence-corrected chi connectivity index (χ1v) is 11.0. The van der Waals surface area contributed by atoms with Gasteiger partial charge in [0, 0.05) is 43.0 Å². The molecular formula is C21H25ClN6O4. The first-order valence-electron chi connectivity index (χ1n) is 10.7. The van der Waals surface area contributed by atoms with Crippen molar-refractivity contribution < 1.29 is 14.3 Å². The number of nitrogens with one attached hydrogen (secondary N) is 3. The molecule has 11 heteroatoms. The number of ether oxygens (including phenoxy) is 1. The van der Waals surface area contributed by atoms with Gasteiger partial charge in [-0.1, -0.05) is 11.6 Å². The minimum absolute atomic E-state index is 0.0143. The molecule has 0 spiro atoms. The predicted octanol–water partition coefficient (Wildman–Crippen LogP) is 1.86. The van der Waals surface area contributed by atoms with E-state index in [1.54, 1.807) is 24.5 Å². The number of hydrogen-bond acceptors (Lipinski definition) is 7. The molecule has 0 unspecified atom stereocenters. The number of halogens is 1. The maximum Gasteiger partial charge on any atom is 0.407 e. The number of rotatable bonds is 5. The molecule has 2 amide bonds. The molecule has 3 heterocycles. The number of carbonyl (C=O) groups is 2. The zero-order chi connectivity index (χ0) is 22.5.